The molecule has 0 saturated heterocycles. The van der Waals surface area contributed by atoms with Gasteiger partial charge in [0, 0.05) is 25.2 Å². The Labute approximate surface area is 148 Å². The smallest absolute Gasteiger partial charge is 0.260 e. The fourth-order valence-corrected chi connectivity index (χ4v) is 2.72. The molecule has 1 heterocycles. The number of nitrogens with zero attached hydrogens (tertiary/aromatic N) is 2. The van der Waals surface area contributed by atoms with Crippen molar-refractivity contribution in [2.45, 2.75) is 20.4 Å². The van der Waals surface area contributed by atoms with Gasteiger partial charge >= 0.3 is 0 Å². The van der Waals surface area contributed by atoms with Crippen molar-refractivity contribution in [3.8, 4) is 5.75 Å². The summed E-state index contributed by atoms with van der Waals surface area (Å²) < 4.78 is 5.71. The van der Waals surface area contributed by atoms with Crippen LogP contribution in [0.15, 0.2) is 54.7 Å². The van der Waals surface area contributed by atoms with E-state index in [0.717, 1.165) is 33.3 Å². The molecule has 0 bridgehead atoms. The molecule has 3 aromatic rings. The predicted molar refractivity (Wildman–Crippen MR) is 99.6 cm³/mol. The zero-order chi connectivity index (χ0) is 17.8. The Morgan fingerprint density at radius 2 is 1.96 bits per heavy atom. The van der Waals surface area contributed by atoms with Crippen LogP contribution in [-0.2, 0) is 11.3 Å². The number of ether oxygens (including phenoxy) is 1. The van der Waals surface area contributed by atoms with Crippen LogP contribution >= 0.6 is 0 Å². The predicted octanol–water partition coefficient (Wildman–Crippen LogP) is 3.89. The Morgan fingerprint density at radius 1 is 1.12 bits per heavy atom. The first-order valence-corrected chi connectivity index (χ1v) is 8.31. The van der Waals surface area contributed by atoms with Gasteiger partial charge in [0.2, 0.25) is 0 Å². The number of fused-ring (bicyclic) bond motifs is 1. The summed E-state index contributed by atoms with van der Waals surface area (Å²) in [7, 11) is 1.79. The first kappa shape index (κ1) is 17.0. The van der Waals surface area contributed by atoms with Crippen LogP contribution in [0.5, 0.6) is 5.75 Å². The zero-order valence-corrected chi connectivity index (χ0v) is 14.8. The van der Waals surface area contributed by atoms with Crippen LogP contribution in [0.2, 0.25) is 0 Å². The molecule has 0 aliphatic heterocycles. The second-order valence-corrected chi connectivity index (χ2v) is 6.27. The topological polar surface area (TPSA) is 42.4 Å². The Bertz CT molecular complexity index is 905. The van der Waals surface area contributed by atoms with Gasteiger partial charge in [0.25, 0.3) is 5.91 Å². The third-order valence-electron chi connectivity index (χ3n) is 4.42. The van der Waals surface area contributed by atoms with E-state index in [0.29, 0.717) is 6.54 Å². The van der Waals surface area contributed by atoms with Crippen LogP contribution in [-0.4, -0.2) is 29.4 Å². The van der Waals surface area contributed by atoms with Crippen molar-refractivity contribution in [2.75, 3.05) is 13.7 Å². The van der Waals surface area contributed by atoms with Crippen molar-refractivity contribution < 1.29 is 9.53 Å². The number of rotatable bonds is 5. The molecule has 0 radical (unpaired) electrons. The Morgan fingerprint density at radius 3 is 2.80 bits per heavy atom. The van der Waals surface area contributed by atoms with Crippen molar-refractivity contribution in [3.05, 3.63) is 71.4 Å². The quantitative estimate of drug-likeness (QED) is 0.711. The highest BCUT2D eigenvalue weighted by atomic mass is 16.5. The van der Waals surface area contributed by atoms with E-state index < -0.39 is 0 Å². The summed E-state index contributed by atoms with van der Waals surface area (Å²) >= 11 is 0. The Kier molecular flexibility index (Phi) is 4.98. The fourth-order valence-electron chi connectivity index (χ4n) is 2.72. The molecule has 3 rings (SSSR count). The van der Waals surface area contributed by atoms with Gasteiger partial charge in [0.1, 0.15) is 5.75 Å². The van der Waals surface area contributed by atoms with Gasteiger partial charge in [0.05, 0.1) is 5.52 Å². The Balaban J connectivity index is 1.62. The van der Waals surface area contributed by atoms with E-state index in [9.17, 15) is 4.79 Å². The van der Waals surface area contributed by atoms with Crippen molar-refractivity contribution in [2.24, 2.45) is 0 Å². The molecular formula is C21H22N2O2. The normalized spacial score (nSPS) is 10.7. The van der Waals surface area contributed by atoms with Crippen LogP contribution < -0.4 is 4.74 Å². The molecule has 4 nitrogen and oxygen atoms in total. The lowest BCUT2D eigenvalue weighted by molar-refractivity contribution is -0.132. The van der Waals surface area contributed by atoms with E-state index in [1.165, 1.54) is 0 Å². The second-order valence-electron chi connectivity index (χ2n) is 6.27. The number of benzene rings is 2. The lowest BCUT2D eigenvalue weighted by Crippen LogP contribution is -2.31. The maximum Gasteiger partial charge on any atom is 0.260 e. The zero-order valence-electron chi connectivity index (χ0n) is 14.8. The third-order valence-corrected chi connectivity index (χ3v) is 4.42. The number of hydrogen-bond acceptors (Lipinski definition) is 3. The SMILES string of the molecule is Cc1cccc(OCC(=O)N(C)Cc2ccc3ncccc3c2)c1C. The highest BCUT2D eigenvalue weighted by molar-refractivity contribution is 5.80. The molecule has 1 amide bonds. The van der Waals surface area contributed by atoms with Gasteiger partial charge in [-0.25, -0.2) is 0 Å². The molecule has 128 valence electrons. The van der Waals surface area contributed by atoms with Crippen LogP contribution in [0, 0.1) is 13.8 Å². The van der Waals surface area contributed by atoms with E-state index in [1.807, 2.05) is 56.3 Å². The first-order chi connectivity index (χ1) is 12.0. The molecule has 0 aliphatic carbocycles. The van der Waals surface area contributed by atoms with Gasteiger partial charge in [0.15, 0.2) is 6.61 Å². The number of likely N-dealkylation sites (N-methyl/N-ethyl adjacent to an activating group) is 1. The Hall–Kier alpha value is -2.88. The standard InChI is InChI=1S/C21H22N2O2/c1-15-6-4-8-20(16(15)2)25-14-21(24)23(3)13-17-9-10-19-18(12-17)7-5-11-22-19/h4-12H,13-14H2,1-3H3. The van der Waals surface area contributed by atoms with Crippen LogP contribution in [0.3, 0.4) is 0 Å². The average molecular weight is 334 g/mol. The summed E-state index contributed by atoms with van der Waals surface area (Å²) in [5, 5.41) is 1.08. The molecular weight excluding hydrogens is 312 g/mol. The van der Waals surface area contributed by atoms with Gasteiger partial charge in [-0.3, -0.25) is 9.78 Å². The van der Waals surface area contributed by atoms with Crippen molar-refractivity contribution in [1.82, 2.24) is 9.88 Å². The molecule has 0 saturated carbocycles. The number of carbonyl (C=O) groups excluding carboxylic acids is 1. The van der Waals surface area contributed by atoms with Gasteiger partial charge in [-0.05, 0) is 54.8 Å². The number of aromatic nitrogens is 1. The molecule has 4 heteroatoms. The first-order valence-electron chi connectivity index (χ1n) is 8.31. The molecule has 0 fully saturated rings. The van der Waals surface area contributed by atoms with Crippen LogP contribution in [0.1, 0.15) is 16.7 Å². The molecule has 0 N–H and O–H groups in total. The fraction of sp³-hybridized carbons (Fsp3) is 0.238. The van der Waals surface area contributed by atoms with E-state index in [1.54, 1.807) is 18.1 Å². The molecule has 0 atom stereocenters. The van der Waals surface area contributed by atoms with E-state index in [2.05, 4.69) is 11.1 Å². The highest BCUT2D eigenvalue weighted by Crippen LogP contribution is 2.20. The van der Waals surface area contributed by atoms with Crippen molar-refractivity contribution >= 4 is 16.8 Å². The summed E-state index contributed by atoms with van der Waals surface area (Å²) in [6, 6.07) is 15.9. The van der Waals surface area contributed by atoms with Crippen molar-refractivity contribution in [3.63, 3.8) is 0 Å². The lowest BCUT2D eigenvalue weighted by Gasteiger charge is -2.18. The van der Waals surface area contributed by atoms with Crippen LogP contribution in [0.25, 0.3) is 10.9 Å². The number of aryl methyl sites for hydroxylation is 1. The number of carbonyl (C=O) groups is 1. The summed E-state index contributed by atoms with van der Waals surface area (Å²) in [4.78, 5) is 18.4. The lowest BCUT2D eigenvalue weighted by atomic mass is 10.1. The summed E-state index contributed by atoms with van der Waals surface area (Å²) in [5.41, 5.74) is 4.25. The summed E-state index contributed by atoms with van der Waals surface area (Å²) in [6.45, 7) is 4.61. The van der Waals surface area contributed by atoms with Gasteiger partial charge in [-0.15, -0.1) is 0 Å². The minimum atomic E-state index is -0.0489. The number of amides is 1. The maximum absolute atomic E-state index is 12.4. The second kappa shape index (κ2) is 7.34. The summed E-state index contributed by atoms with van der Waals surface area (Å²) in [6.07, 6.45) is 1.78. The third kappa shape index (κ3) is 3.97. The molecule has 2 aromatic carbocycles. The molecule has 0 aliphatic rings. The molecule has 1 aromatic heterocycles. The van der Waals surface area contributed by atoms with E-state index in [-0.39, 0.29) is 12.5 Å². The van der Waals surface area contributed by atoms with E-state index >= 15 is 0 Å². The largest absolute Gasteiger partial charge is 0.483 e. The average Bonchev–Trinajstić information content (AvgIpc) is 2.62. The molecule has 0 spiro atoms. The maximum atomic E-state index is 12.4. The van der Waals surface area contributed by atoms with Gasteiger partial charge in [-0.1, -0.05) is 24.3 Å². The summed E-state index contributed by atoms with van der Waals surface area (Å²) in [5.74, 6) is 0.714. The van der Waals surface area contributed by atoms with Crippen LogP contribution in [0.4, 0.5) is 0 Å². The monoisotopic (exact) mass is 334 g/mol. The van der Waals surface area contributed by atoms with Crippen molar-refractivity contribution in [1.29, 1.82) is 0 Å². The molecule has 0 unspecified atom stereocenters. The minimum absolute atomic E-state index is 0.0376. The van der Waals surface area contributed by atoms with Gasteiger partial charge < -0.3 is 9.64 Å². The number of pyridine rings is 1. The van der Waals surface area contributed by atoms with E-state index in [4.69, 9.17) is 4.74 Å². The van der Waals surface area contributed by atoms with Gasteiger partial charge in [-0.2, -0.15) is 0 Å². The number of hydrogen-bond donors (Lipinski definition) is 0. The highest BCUT2D eigenvalue weighted by Gasteiger charge is 2.12. The molecule has 25 heavy (non-hydrogen) atoms. The minimum Gasteiger partial charge on any atom is -0.483 e.